The van der Waals surface area contributed by atoms with Crippen molar-refractivity contribution < 1.29 is 9.13 Å². The number of hydrogen-bond donors (Lipinski definition) is 0. The molecule has 5 heteroatoms. The quantitative estimate of drug-likeness (QED) is 0.185. The Morgan fingerprint density at radius 2 is 1.43 bits per heavy atom. The van der Waals surface area contributed by atoms with Crippen LogP contribution in [0.5, 0.6) is 5.75 Å². The lowest BCUT2D eigenvalue weighted by Crippen LogP contribution is -2.35. The molecular formula is C39H32Br2FNO. The van der Waals surface area contributed by atoms with Gasteiger partial charge in [0, 0.05) is 55.2 Å². The van der Waals surface area contributed by atoms with E-state index in [1.165, 1.54) is 64.7 Å². The fourth-order valence-corrected chi connectivity index (χ4v) is 9.52. The van der Waals surface area contributed by atoms with Gasteiger partial charge in [-0.3, -0.25) is 0 Å². The molecule has 0 saturated carbocycles. The molecule has 3 aliphatic rings. The van der Waals surface area contributed by atoms with Crippen LogP contribution in [0.4, 0.5) is 10.1 Å². The maximum absolute atomic E-state index is 14.2. The van der Waals surface area contributed by atoms with Crippen LogP contribution in [0, 0.1) is 5.82 Å². The lowest BCUT2D eigenvalue weighted by Gasteiger charge is -2.38. The molecule has 1 aliphatic carbocycles. The highest BCUT2D eigenvalue weighted by atomic mass is 79.9. The van der Waals surface area contributed by atoms with Crippen molar-refractivity contribution in [3.8, 4) is 16.9 Å². The van der Waals surface area contributed by atoms with Gasteiger partial charge in [-0.25, -0.2) is 4.39 Å². The van der Waals surface area contributed by atoms with Crippen molar-refractivity contribution in [2.75, 3.05) is 18.0 Å². The molecule has 2 heterocycles. The second kappa shape index (κ2) is 10.3. The molecule has 0 N–H and O–H groups in total. The number of halogens is 3. The van der Waals surface area contributed by atoms with Crippen LogP contribution in [0.1, 0.15) is 60.9 Å². The lowest BCUT2D eigenvalue weighted by atomic mass is 9.77. The molecule has 0 bridgehead atoms. The predicted molar refractivity (Wildman–Crippen MR) is 186 cm³/mol. The average molecular weight is 709 g/mol. The van der Waals surface area contributed by atoms with Gasteiger partial charge in [0.25, 0.3) is 0 Å². The van der Waals surface area contributed by atoms with Crippen molar-refractivity contribution in [3.63, 3.8) is 0 Å². The van der Waals surface area contributed by atoms with Gasteiger partial charge in [-0.2, -0.15) is 0 Å². The molecule has 44 heavy (non-hydrogen) atoms. The van der Waals surface area contributed by atoms with Gasteiger partial charge in [0.1, 0.15) is 11.6 Å². The fraction of sp³-hybridized carbons (Fsp3) is 0.231. The predicted octanol–water partition coefficient (Wildman–Crippen LogP) is 11.1. The third kappa shape index (κ3) is 4.15. The van der Waals surface area contributed by atoms with Gasteiger partial charge in [0.15, 0.2) is 5.60 Å². The second-order valence-electron chi connectivity index (χ2n) is 12.7. The number of benzene rings is 5. The van der Waals surface area contributed by atoms with Gasteiger partial charge in [0.2, 0.25) is 0 Å². The highest BCUT2D eigenvalue weighted by Crippen LogP contribution is 2.59. The molecular weight excluding hydrogens is 677 g/mol. The Bertz CT molecular complexity index is 1970. The standard InChI is InChI=1S/C39H32Br2FNO/c1-38(2)35-32(22-26(40)23-33(35)41)34-29-8-4-5-9-30(29)37-31(36(34)38)18-19-39(44-37,24-10-14-27(42)15-11-24)25-12-16-28(17-13-25)43-20-6-3-7-21-43/h4-5,8-19,22-23H,3,6-7,20-21H2,1-2H3. The monoisotopic (exact) mass is 707 g/mol. The third-order valence-electron chi connectivity index (χ3n) is 9.82. The molecule has 0 radical (unpaired) electrons. The van der Waals surface area contributed by atoms with Gasteiger partial charge < -0.3 is 9.64 Å². The molecule has 0 spiro atoms. The average Bonchev–Trinajstić information content (AvgIpc) is 3.28. The molecule has 8 rings (SSSR count). The molecule has 1 fully saturated rings. The zero-order valence-corrected chi connectivity index (χ0v) is 27.9. The molecule has 5 aromatic rings. The summed E-state index contributed by atoms with van der Waals surface area (Å²) in [7, 11) is 0. The Kier molecular flexibility index (Phi) is 6.59. The minimum atomic E-state index is -0.919. The molecule has 5 aromatic carbocycles. The van der Waals surface area contributed by atoms with Crippen LogP contribution < -0.4 is 9.64 Å². The van der Waals surface area contributed by atoms with E-state index in [4.69, 9.17) is 4.74 Å². The van der Waals surface area contributed by atoms with Crippen molar-refractivity contribution in [2.45, 2.75) is 44.1 Å². The normalized spacial score (nSPS) is 19.8. The molecule has 2 aliphatic heterocycles. The van der Waals surface area contributed by atoms with Crippen molar-refractivity contribution in [2.24, 2.45) is 0 Å². The van der Waals surface area contributed by atoms with E-state index < -0.39 is 5.60 Å². The zero-order chi connectivity index (χ0) is 30.2. The van der Waals surface area contributed by atoms with Crippen LogP contribution in [0.25, 0.3) is 28.0 Å². The summed E-state index contributed by atoms with van der Waals surface area (Å²) in [6.07, 6.45) is 8.19. The van der Waals surface area contributed by atoms with E-state index >= 15 is 0 Å². The first-order valence-electron chi connectivity index (χ1n) is 15.4. The van der Waals surface area contributed by atoms with Crippen LogP contribution in [0.2, 0.25) is 0 Å². The molecule has 1 atom stereocenters. The molecule has 2 nitrogen and oxygen atoms in total. The van der Waals surface area contributed by atoms with Crippen molar-refractivity contribution in [1.29, 1.82) is 0 Å². The first-order chi connectivity index (χ1) is 21.3. The summed E-state index contributed by atoms with van der Waals surface area (Å²) in [6, 6.07) is 28.5. The molecule has 0 aromatic heterocycles. The number of ether oxygens (including phenoxy) is 1. The van der Waals surface area contributed by atoms with Crippen LogP contribution >= 0.6 is 31.9 Å². The topological polar surface area (TPSA) is 12.5 Å². The van der Waals surface area contributed by atoms with Crippen LogP contribution in [-0.2, 0) is 11.0 Å². The van der Waals surface area contributed by atoms with Gasteiger partial charge in [-0.1, -0.05) is 100 Å². The summed E-state index contributed by atoms with van der Waals surface area (Å²) in [4.78, 5) is 2.47. The van der Waals surface area contributed by atoms with E-state index in [2.05, 4.69) is 123 Å². The number of nitrogens with zero attached hydrogens (tertiary/aromatic N) is 1. The lowest BCUT2D eigenvalue weighted by molar-refractivity contribution is 0.163. The molecule has 1 unspecified atom stereocenters. The summed E-state index contributed by atoms with van der Waals surface area (Å²) < 4.78 is 23.7. The Hall–Kier alpha value is -3.41. The summed E-state index contributed by atoms with van der Waals surface area (Å²) in [5.74, 6) is 0.603. The van der Waals surface area contributed by atoms with E-state index in [-0.39, 0.29) is 11.2 Å². The highest BCUT2D eigenvalue weighted by Gasteiger charge is 2.45. The maximum Gasteiger partial charge on any atom is 0.178 e. The van der Waals surface area contributed by atoms with Gasteiger partial charge in [-0.15, -0.1) is 0 Å². The Morgan fingerprint density at radius 3 is 2.14 bits per heavy atom. The van der Waals surface area contributed by atoms with Crippen molar-refractivity contribution in [3.05, 3.63) is 134 Å². The maximum atomic E-state index is 14.2. The van der Waals surface area contributed by atoms with Crippen LogP contribution in [-0.4, -0.2) is 13.1 Å². The van der Waals surface area contributed by atoms with Gasteiger partial charge >= 0.3 is 0 Å². The van der Waals surface area contributed by atoms with Gasteiger partial charge in [0.05, 0.1) is 0 Å². The van der Waals surface area contributed by atoms with E-state index in [9.17, 15) is 4.39 Å². The first-order valence-corrected chi connectivity index (χ1v) is 17.0. The zero-order valence-electron chi connectivity index (χ0n) is 24.8. The van der Waals surface area contributed by atoms with E-state index in [1.807, 2.05) is 12.1 Å². The smallest absolute Gasteiger partial charge is 0.178 e. The number of piperidine rings is 1. The molecule has 1 saturated heterocycles. The Balaban J connectivity index is 1.36. The second-order valence-corrected chi connectivity index (χ2v) is 14.5. The fourth-order valence-electron chi connectivity index (χ4n) is 7.80. The Morgan fingerprint density at radius 1 is 0.773 bits per heavy atom. The van der Waals surface area contributed by atoms with E-state index in [0.717, 1.165) is 49.9 Å². The number of fused-ring (bicyclic) bond motifs is 8. The van der Waals surface area contributed by atoms with Crippen molar-refractivity contribution in [1.82, 2.24) is 0 Å². The van der Waals surface area contributed by atoms with E-state index in [1.54, 1.807) is 0 Å². The number of hydrogen-bond acceptors (Lipinski definition) is 2. The van der Waals surface area contributed by atoms with Crippen LogP contribution in [0.15, 0.2) is 100.0 Å². The summed E-state index contributed by atoms with van der Waals surface area (Å²) >= 11 is 7.65. The summed E-state index contributed by atoms with van der Waals surface area (Å²) in [6.45, 7) is 6.79. The first kappa shape index (κ1) is 28.1. The largest absolute Gasteiger partial charge is 0.472 e. The van der Waals surface area contributed by atoms with E-state index in [0.29, 0.717) is 0 Å². The Labute approximate surface area is 274 Å². The summed E-state index contributed by atoms with van der Waals surface area (Å²) in [5.41, 5.74) is 8.12. The minimum absolute atomic E-state index is 0.260. The number of anilines is 1. The summed E-state index contributed by atoms with van der Waals surface area (Å²) in [5, 5.41) is 2.24. The van der Waals surface area contributed by atoms with Crippen molar-refractivity contribution >= 4 is 54.4 Å². The minimum Gasteiger partial charge on any atom is -0.472 e. The number of rotatable bonds is 3. The molecule has 0 amide bonds. The third-order valence-corrected chi connectivity index (χ3v) is 10.9. The SMILES string of the molecule is CC1(C)c2c(Br)cc(Br)cc2-c2c1c1c(c3ccccc23)OC(c2ccc(F)cc2)(c2ccc(N3CCCCC3)cc2)C=C1. The van der Waals surface area contributed by atoms with Gasteiger partial charge in [-0.05, 0) is 89.4 Å². The van der Waals surface area contributed by atoms with Crippen LogP contribution in [0.3, 0.4) is 0 Å². The molecule has 220 valence electrons. The highest BCUT2D eigenvalue weighted by molar-refractivity contribution is 9.11.